The highest BCUT2D eigenvalue weighted by Crippen LogP contribution is 1.95. The number of aryl methyl sites for hydroxylation is 1. The summed E-state index contributed by atoms with van der Waals surface area (Å²) in [5, 5.41) is 6.36. The molecule has 15 heavy (non-hydrogen) atoms. The number of methoxy groups -OCH3 is 1. The summed E-state index contributed by atoms with van der Waals surface area (Å²) in [4.78, 5) is 15.2. The van der Waals surface area contributed by atoms with E-state index in [1.54, 1.807) is 14.0 Å². The summed E-state index contributed by atoms with van der Waals surface area (Å²) in [5.74, 6) is 0.779. The molecule has 1 aromatic rings. The molecule has 0 aliphatic rings. The van der Waals surface area contributed by atoms with Crippen molar-refractivity contribution < 1.29 is 14.1 Å². The van der Waals surface area contributed by atoms with Crippen LogP contribution in [0.3, 0.4) is 0 Å². The zero-order valence-corrected chi connectivity index (χ0v) is 8.95. The van der Waals surface area contributed by atoms with Gasteiger partial charge >= 0.3 is 0 Å². The Morgan fingerprint density at radius 1 is 1.60 bits per heavy atom. The highest BCUT2D eigenvalue weighted by Gasteiger charge is 2.07. The van der Waals surface area contributed by atoms with E-state index in [2.05, 4.69) is 15.5 Å². The molecule has 1 heterocycles. The molecule has 0 radical (unpaired) electrons. The number of nitrogens with zero attached hydrogens (tertiary/aromatic N) is 2. The van der Waals surface area contributed by atoms with E-state index in [9.17, 15) is 4.79 Å². The molecule has 0 saturated carbocycles. The number of carbonyl (C=O) groups is 1. The number of aromatic nitrogens is 2. The third-order valence-electron chi connectivity index (χ3n) is 1.74. The normalized spacial score (nSPS) is 10.3. The van der Waals surface area contributed by atoms with E-state index in [1.165, 1.54) is 0 Å². The maximum absolute atomic E-state index is 11.3. The van der Waals surface area contributed by atoms with Crippen molar-refractivity contribution in [2.24, 2.45) is 0 Å². The van der Waals surface area contributed by atoms with Gasteiger partial charge in [0, 0.05) is 27.2 Å². The third-order valence-corrected chi connectivity index (χ3v) is 1.74. The van der Waals surface area contributed by atoms with Gasteiger partial charge in [0.05, 0.1) is 6.42 Å². The van der Waals surface area contributed by atoms with Crippen LogP contribution >= 0.6 is 0 Å². The van der Waals surface area contributed by atoms with Crippen LogP contribution in [0.4, 0.5) is 0 Å². The van der Waals surface area contributed by atoms with Crippen LogP contribution in [0, 0.1) is 6.92 Å². The second-order valence-corrected chi connectivity index (χ2v) is 3.10. The van der Waals surface area contributed by atoms with Crippen molar-refractivity contribution in [3.63, 3.8) is 0 Å². The summed E-state index contributed by atoms with van der Waals surface area (Å²) in [6.45, 7) is 2.93. The van der Waals surface area contributed by atoms with Gasteiger partial charge in [0.25, 0.3) is 0 Å². The maximum atomic E-state index is 11.3. The molecule has 84 valence electrons. The Labute approximate surface area is 88.0 Å². The van der Waals surface area contributed by atoms with Crippen molar-refractivity contribution in [2.75, 3.05) is 20.3 Å². The third kappa shape index (κ3) is 4.55. The number of rotatable bonds is 6. The largest absolute Gasteiger partial charge is 0.385 e. The van der Waals surface area contributed by atoms with Crippen molar-refractivity contribution in [3.05, 3.63) is 11.7 Å². The minimum atomic E-state index is -0.105. The van der Waals surface area contributed by atoms with Crippen molar-refractivity contribution in [1.82, 2.24) is 15.5 Å². The first kappa shape index (κ1) is 11.6. The Bertz CT molecular complexity index is 311. The van der Waals surface area contributed by atoms with E-state index in [4.69, 9.17) is 9.26 Å². The van der Waals surface area contributed by atoms with E-state index in [0.29, 0.717) is 24.9 Å². The molecule has 0 aliphatic heterocycles. The van der Waals surface area contributed by atoms with Gasteiger partial charge in [-0.15, -0.1) is 0 Å². The van der Waals surface area contributed by atoms with Gasteiger partial charge in [-0.1, -0.05) is 5.16 Å². The SMILES string of the molecule is COCCCNC(=O)Cc1noc(C)n1. The fourth-order valence-electron chi connectivity index (χ4n) is 1.06. The van der Waals surface area contributed by atoms with Crippen molar-refractivity contribution in [3.8, 4) is 0 Å². The minimum Gasteiger partial charge on any atom is -0.385 e. The molecule has 1 rings (SSSR count). The summed E-state index contributed by atoms with van der Waals surface area (Å²) in [7, 11) is 1.63. The first-order valence-corrected chi connectivity index (χ1v) is 4.77. The first-order chi connectivity index (χ1) is 7.22. The highest BCUT2D eigenvalue weighted by molar-refractivity contribution is 5.77. The van der Waals surface area contributed by atoms with Gasteiger partial charge in [0.2, 0.25) is 11.8 Å². The molecule has 1 amide bonds. The molecule has 0 aliphatic carbocycles. The Kier molecular flexibility index (Phi) is 4.76. The Morgan fingerprint density at radius 3 is 3.00 bits per heavy atom. The molecular formula is C9H15N3O3. The highest BCUT2D eigenvalue weighted by atomic mass is 16.5. The fraction of sp³-hybridized carbons (Fsp3) is 0.667. The van der Waals surface area contributed by atoms with Gasteiger partial charge in [-0.2, -0.15) is 4.98 Å². The van der Waals surface area contributed by atoms with Gasteiger partial charge in [-0.05, 0) is 6.42 Å². The molecule has 1 aromatic heterocycles. The summed E-state index contributed by atoms with van der Waals surface area (Å²) >= 11 is 0. The zero-order chi connectivity index (χ0) is 11.1. The summed E-state index contributed by atoms with van der Waals surface area (Å²) in [6.07, 6.45) is 0.956. The van der Waals surface area contributed by atoms with E-state index >= 15 is 0 Å². The summed E-state index contributed by atoms with van der Waals surface area (Å²) in [6, 6.07) is 0. The number of ether oxygens (including phenoxy) is 1. The lowest BCUT2D eigenvalue weighted by Crippen LogP contribution is -2.27. The molecule has 0 saturated heterocycles. The Morgan fingerprint density at radius 2 is 2.40 bits per heavy atom. The Hall–Kier alpha value is -1.43. The van der Waals surface area contributed by atoms with E-state index in [0.717, 1.165) is 6.42 Å². The predicted molar refractivity (Wildman–Crippen MR) is 52.2 cm³/mol. The number of hydrogen-bond donors (Lipinski definition) is 1. The molecule has 6 nitrogen and oxygen atoms in total. The van der Waals surface area contributed by atoms with Gasteiger partial charge in [-0.3, -0.25) is 4.79 Å². The zero-order valence-electron chi connectivity index (χ0n) is 8.95. The van der Waals surface area contributed by atoms with Gasteiger partial charge in [-0.25, -0.2) is 0 Å². The second kappa shape index (κ2) is 6.13. The minimum absolute atomic E-state index is 0.105. The van der Waals surface area contributed by atoms with Crippen LogP contribution in [0.2, 0.25) is 0 Å². The van der Waals surface area contributed by atoms with E-state index in [1.807, 2.05) is 0 Å². The summed E-state index contributed by atoms with van der Waals surface area (Å²) < 4.78 is 9.60. The Balaban J connectivity index is 2.18. The van der Waals surface area contributed by atoms with Crippen molar-refractivity contribution in [1.29, 1.82) is 0 Å². The number of hydrogen-bond acceptors (Lipinski definition) is 5. The average Bonchev–Trinajstić information content (AvgIpc) is 2.59. The molecular weight excluding hydrogens is 198 g/mol. The maximum Gasteiger partial charge on any atom is 0.227 e. The first-order valence-electron chi connectivity index (χ1n) is 4.77. The molecule has 0 unspecified atom stereocenters. The fourth-order valence-corrected chi connectivity index (χ4v) is 1.06. The molecule has 0 aromatic carbocycles. The van der Waals surface area contributed by atoms with Crippen LogP contribution in [-0.4, -0.2) is 36.3 Å². The van der Waals surface area contributed by atoms with Gasteiger partial charge in [0.1, 0.15) is 0 Å². The van der Waals surface area contributed by atoms with Crippen LogP contribution in [0.5, 0.6) is 0 Å². The van der Waals surface area contributed by atoms with Crippen molar-refractivity contribution in [2.45, 2.75) is 19.8 Å². The lowest BCUT2D eigenvalue weighted by atomic mass is 10.3. The summed E-state index contributed by atoms with van der Waals surface area (Å²) in [5.41, 5.74) is 0. The van der Waals surface area contributed by atoms with Crippen LogP contribution < -0.4 is 5.32 Å². The number of amides is 1. The molecule has 0 spiro atoms. The number of nitrogens with one attached hydrogen (secondary N) is 1. The van der Waals surface area contributed by atoms with Crippen LogP contribution in [0.25, 0.3) is 0 Å². The molecule has 6 heteroatoms. The lowest BCUT2D eigenvalue weighted by molar-refractivity contribution is -0.120. The van der Waals surface area contributed by atoms with Crippen LogP contribution in [0.1, 0.15) is 18.1 Å². The van der Waals surface area contributed by atoms with Crippen LogP contribution in [-0.2, 0) is 16.0 Å². The van der Waals surface area contributed by atoms with Crippen LogP contribution in [0.15, 0.2) is 4.52 Å². The topological polar surface area (TPSA) is 77.2 Å². The average molecular weight is 213 g/mol. The van der Waals surface area contributed by atoms with Gasteiger partial charge < -0.3 is 14.6 Å². The van der Waals surface area contributed by atoms with E-state index < -0.39 is 0 Å². The van der Waals surface area contributed by atoms with Gasteiger partial charge in [0.15, 0.2) is 5.82 Å². The van der Waals surface area contributed by atoms with E-state index in [-0.39, 0.29) is 12.3 Å². The predicted octanol–water partition coefficient (Wildman–Crippen LogP) is 0.0732. The lowest BCUT2D eigenvalue weighted by Gasteiger charge is -2.02. The standard InChI is InChI=1S/C9H15N3O3/c1-7-11-8(12-15-7)6-9(13)10-4-3-5-14-2/h3-6H2,1-2H3,(H,10,13). The monoisotopic (exact) mass is 213 g/mol. The molecule has 0 fully saturated rings. The molecule has 0 bridgehead atoms. The molecule has 0 atom stereocenters. The quantitative estimate of drug-likeness (QED) is 0.677. The number of carbonyl (C=O) groups excluding carboxylic acids is 1. The molecule has 1 N–H and O–H groups in total. The second-order valence-electron chi connectivity index (χ2n) is 3.10. The van der Waals surface area contributed by atoms with Crippen molar-refractivity contribution >= 4 is 5.91 Å². The smallest absolute Gasteiger partial charge is 0.227 e.